The number of halogens is 1. The Bertz CT molecular complexity index is 401. The second-order valence-electron chi connectivity index (χ2n) is 5.43. The van der Waals surface area contributed by atoms with Crippen LogP contribution in [0.3, 0.4) is 0 Å². The van der Waals surface area contributed by atoms with Gasteiger partial charge in [0.25, 0.3) is 0 Å². The molecule has 1 aromatic carbocycles. The van der Waals surface area contributed by atoms with E-state index in [1.807, 2.05) is 0 Å². The van der Waals surface area contributed by atoms with Gasteiger partial charge < -0.3 is 10.2 Å². The van der Waals surface area contributed by atoms with Gasteiger partial charge >= 0.3 is 0 Å². The molecule has 0 saturated carbocycles. The Labute approximate surface area is 113 Å². The Balaban J connectivity index is 2.35. The summed E-state index contributed by atoms with van der Waals surface area (Å²) in [6.45, 7) is 10.1. The Kier molecular flexibility index (Phi) is 3.79. The molecule has 17 heavy (non-hydrogen) atoms. The summed E-state index contributed by atoms with van der Waals surface area (Å²) in [6.07, 6.45) is 1.21. The minimum atomic E-state index is 0.176. The largest absolute Gasteiger partial charge is 0.365 e. The van der Waals surface area contributed by atoms with Crippen LogP contribution in [0.1, 0.15) is 25.8 Å². The average molecular weight is 297 g/mol. The van der Waals surface area contributed by atoms with Gasteiger partial charge in [0.05, 0.1) is 0 Å². The fourth-order valence-corrected chi connectivity index (χ4v) is 3.00. The van der Waals surface area contributed by atoms with Crippen molar-refractivity contribution in [2.75, 3.05) is 24.5 Å². The maximum atomic E-state index is 3.53. The first-order valence-corrected chi connectivity index (χ1v) is 7.04. The van der Waals surface area contributed by atoms with Crippen molar-refractivity contribution in [3.63, 3.8) is 0 Å². The molecule has 0 atom stereocenters. The number of hydrogen-bond donors (Lipinski definition) is 1. The molecule has 0 unspecified atom stereocenters. The fourth-order valence-electron chi connectivity index (χ4n) is 2.52. The average Bonchev–Trinajstić information content (AvgIpc) is 2.40. The molecular formula is C14H21BrN2. The molecule has 2 nitrogen and oxygen atoms in total. The third-order valence-electron chi connectivity index (χ3n) is 3.47. The van der Waals surface area contributed by atoms with E-state index in [1.54, 1.807) is 0 Å². The van der Waals surface area contributed by atoms with Crippen LogP contribution in [0.15, 0.2) is 22.7 Å². The summed E-state index contributed by atoms with van der Waals surface area (Å²) in [7, 11) is 0. The number of hydrogen-bond acceptors (Lipinski definition) is 2. The summed E-state index contributed by atoms with van der Waals surface area (Å²) in [4.78, 5) is 2.54. The molecule has 1 fully saturated rings. The molecule has 0 amide bonds. The van der Waals surface area contributed by atoms with Gasteiger partial charge in [0.1, 0.15) is 0 Å². The van der Waals surface area contributed by atoms with Gasteiger partial charge in [-0.1, -0.05) is 15.9 Å². The number of rotatable bonds is 1. The minimum absolute atomic E-state index is 0.176. The molecule has 1 N–H and O–H groups in total. The summed E-state index contributed by atoms with van der Waals surface area (Å²) in [5.74, 6) is 0. The molecule has 0 bridgehead atoms. The van der Waals surface area contributed by atoms with Crippen molar-refractivity contribution in [3.05, 3.63) is 28.2 Å². The van der Waals surface area contributed by atoms with Crippen molar-refractivity contribution < 1.29 is 0 Å². The highest BCUT2D eigenvalue weighted by atomic mass is 79.9. The number of anilines is 1. The molecular weight excluding hydrogens is 276 g/mol. The van der Waals surface area contributed by atoms with Crippen molar-refractivity contribution in [1.29, 1.82) is 0 Å². The van der Waals surface area contributed by atoms with Crippen LogP contribution in [0.2, 0.25) is 0 Å². The lowest BCUT2D eigenvalue weighted by Gasteiger charge is -2.39. The molecule has 1 aliphatic rings. The maximum Gasteiger partial charge on any atom is 0.0470 e. The molecule has 3 heteroatoms. The molecule has 94 valence electrons. The highest BCUT2D eigenvalue weighted by Crippen LogP contribution is 2.30. The zero-order valence-corrected chi connectivity index (χ0v) is 12.5. The van der Waals surface area contributed by atoms with Crippen LogP contribution < -0.4 is 10.2 Å². The first-order valence-electron chi connectivity index (χ1n) is 6.25. The van der Waals surface area contributed by atoms with Gasteiger partial charge in [0.2, 0.25) is 0 Å². The molecule has 1 aliphatic heterocycles. The maximum absolute atomic E-state index is 3.53. The number of aryl methyl sites for hydroxylation is 1. The van der Waals surface area contributed by atoms with E-state index in [0.29, 0.717) is 0 Å². The highest BCUT2D eigenvalue weighted by molar-refractivity contribution is 9.10. The van der Waals surface area contributed by atoms with Gasteiger partial charge in [-0.3, -0.25) is 0 Å². The van der Waals surface area contributed by atoms with E-state index in [4.69, 9.17) is 0 Å². The molecule has 1 aromatic rings. The fraction of sp³-hybridized carbons (Fsp3) is 0.571. The summed E-state index contributed by atoms with van der Waals surface area (Å²) in [6, 6.07) is 6.56. The lowest BCUT2D eigenvalue weighted by molar-refractivity contribution is 0.462. The van der Waals surface area contributed by atoms with E-state index in [1.165, 1.54) is 17.7 Å². The van der Waals surface area contributed by atoms with E-state index in [2.05, 4.69) is 65.1 Å². The van der Waals surface area contributed by atoms with Crippen LogP contribution in [-0.4, -0.2) is 25.2 Å². The number of nitrogens with one attached hydrogen (secondary N) is 1. The van der Waals surface area contributed by atoms with E-state index in [0.717, 1.165) is 24.1 Å². The second-order valence-corrected chi connectivity index (χ2v) is 6.34. The molecule has 0 spiro atoms. The molecule has 1 saturated heterocycles. The van der Waals surface area contributed by atoms with E-state index in [-0.39, 0.29) is 5.54 Å². The first-order chi connectivity index (χ1) is 8.00. The van der Waals surface area contributed by atoms with E-state index < -0.39 is 0 Å². The van der Waals surface area contributed by atoms with Crippen LogP contribution in [0, 0.1) is 6.92 Å². The number of nitrogens with zero attached hydrogens (tertiary/aromatic N) is 1. The zero-order valence-electron chi connectivity index (χ0n) is 10.9. The van der Waals surface area contributed by atoms with Crippen LogP contribution in [0.4, 0.5) is 5.69 Å². The summed E-state index contributed by atoms with van der Waals surface area (Å²) in [5, 5.41) is 3.52. The van der Waals surface area contributed by atoms with Gasteiger partial charge in [0.15, 0.2) is 0 Å². The molecule has 0 aromatic heterocycles. The smallest absolute Gasteiger partial charge is 0.0470 e. The van der Waals surface area contributed by atoms with E-state index >= 15 is 0 Å². The summed E-state index contributed by atoms with van der Waals surface area (Å²) < 4.78 is 1.16. The Hall–Kier alpha value is -0.540. The lowest BCUT2D eigenvalue weighted by atomic mass is 10.0. The highest BCUT2D eigenvalue weighted by Gasteiger charge is 2.29. The summed E-state index contributed by atoms with van der Waals surface area (Å²) in [5.41, 5.74) is 2.88. The number of benzene rings is 1. The molecule has 0 aliphatic carbocycles. The normalized spacial score (nSPS) is 20.1. The predicted molar refractivity (Wildman–Crippen MR) is 77.8 cm³/mol. The predicted octanol–water partition coefficient (Wildman–Crippen LogP) is 3.34. The monoisotopic (exact) mass is 296 g/mol. The second kappa shape index (κ2) is 4.99. The Morgan fingerprint density at radius 2 is 2.12 bits per heavy atom. The van der Waals surface area contributed by atoms with Gasteiger partial charge in [-0.05, 0) is 57.5 Å². The van der Waals surface area contributed by atoms with Gasteiger partial charge in [0, 0.05) is 28.8 Å². The van der Waals surface area contributed by atoms with Gasteiger partial charge in [-0.2, -0.15) is 0 Å². The standard InChI is InChI=1S/C14H21BrN2/c1-11-9-12(15)5-6-13(11)17-8-4-7-16-10-14(17,2)3/h5-6,9,16H,4,7-8,10H2,1-3H3. The van der Waals surface area contributed by atoms with Crippen molar-refractivity contribution in [2.24, 2.45) is 0 Å². The van der Waals surface area contributed by atoms with Crippen LogP contribution in [0.5, 0.6) is 0 Å². The van der Waals surface area contributed by atoms with Crippen LogP contribution in [-0.2, 0) is 0 Å². The topological polar surface area (TPSA) is 15.3 Å². The van der Waals surface area contributed by atoms with Crippen molar-refractivity contribution >= 4 is 21.6 Å². The first kappa shape index (κ1) is 12.9. The Morgan fingerprint density at radius 3 is 2.82 bits per heavy atom. The van der Waals surface area contributed by atoms with Crippen molar-refractivity contribution in [3.8, 4) is 0 Å². The molecule has 1 heterocycles. The SMILES string of the molecule is Cc1cc(Br)ccc1N1CCCNCC1(C)C. The van der Waals surface area contributed by atoms with Gasteiger partial charge in [-0.15, -0.1) is 0 Å². The van der Waals surface area contributed by atoms with E-state index in [9.17, 15) is 0 Å². The van der Waals surface area contributed by atoms with Crippen LogP contribution in [0.25, 0.3) is 0 Å². The minimum Gasteiger partial charge on any atom is -0.365 e. The van der Waals surface area contributed by atoms with Gasteiger partial charge in [-0.25, -0.2) is 0 Å². The lowest BCUT2D eigenvalue weighted by Crippen LogP contribution is -2.49. The molecule has 2 rings (SSSR count). The van der Waals surface area contributed by atoms with Crippen molar-refractivity contribution in [1.82, 2.24) is 5.32 Å². The Morgan fingerprint density at radius 1 is 1.35 bits per heavy atom. The third-order valence-corrected chi connectivity index (χ3v) is 3.97. The summed E-state index contributed by atoms with van der Waals surface area (Å²) >= 11 is 3.53. The quantitative estimate of drug-likeness (QED) is 0.855. The van der Waals surface area contributed by atoms with Crippen molar-refractivity contribution in [2.45, 2.75) is 32.7 Å². The van der Waals surface area contributed by atoms with Crippen LogP contribution >= 0.6 is 15.9 Å². The molecule has 0 radical (unpaired) electrons. The third kappa shape index (κ3) is 2.83. The zero-order chi connectivity index (χ0) is 12.5.